The summed E-state index contributed by atoms with van der Waals surface area (Å²) in [6, 6.07) is 15.4. The molecular formula is C24H29NO5. The number of alkyl carbamates (subject to hydrolysis) is 1. The lowest BCUT2D eigenvalue weighted by atomic mass is 10.0. The molecule has 0 saturated heterocycles. The van der Waals surface area contributed by atoms with Gasteiger partial charge in [-0.2, -0.15) is 0 Å². The van der Waals surface area contributed by atoms with Gasteiger partial charge in [0, 0.05) is 19.0 Å². The highest BCUT2D eigenvalue weighted by molar-refractivity contribution is 5.70. The van der Waals surface area contributed by atoms with Gasteiger partial charge in [-0.25, -0.2) is 4.79 Å². The number of amides is 1. The van der Waals surface area contributed by atoms with E-state index in [9.17, 15) is 9.59 Å². The molecule has 1 amide bonds. The van der Waals surface area contributed by atoms with Gasteiger partial charge in [0.1, 0.15) is 24.6 Å². The van der Waals surface area contributed by atoms with E-state index in [1.165, 1.54) is 6.92 Å². The minimum absolute atomic E-state index is 0.104. The van der Waals surface area contributed by atoms with Crippen LogP contribution in [0.4, 0.5) is 4.79 Å². The van der Waals surface area contributed by atoms with Crippen LogP contribution in [0.25, 0.3) is 0 Å². The molecule has 0 aliphatic rings. The summed E-state index contributed by atoms with van der Waals surface area (Å²) >= 11 is 0. The summed E-state index contributed by atoms with van der Waals surface area (Å²) in [5.41, 5.74) is 2.58. The Morgan fingerprint density at radius 2 is 1.70 bits per heavy atom. The third-order valence-electron chi connectivity index (χ3n) is 3.94. The molecule has 0 aromatic heterocycles. The first-order valence-electron chi connectivity index (χ1n) is 9.72. The third kappa shape index (κ3) is 8.39. The molecule has 2 aromatic rings. The van der Waals surface area contributed by atoms with Crippen LogP contribution in [0.5, 0.6) is 5.75 Å². The van der Waals surface area contributed by atoms with Crippen molar-refractivity contribution in [2.24, 2.45) is 0 Å². The number of carbonyl (C=O) groups excluding carboxylic acids is 2. The summed E-state index contributed by atoms with van der Waals surface area (Å²) in [7, 11) is 0. The van der Waals surface area contributed by atoms with Crippen LogP contribution in [0.1, 0.15) is 44.4 Å². The van der Waals surface area contributed by atoms with Gasteiger partial charge < -0.3 is 14.2 Å². The lowest BCUT2D eigenvalue weighted by Crippen LogP contribution is -2.32. The highest BCUT2D eigenvalue weighted by Crippen LogP contribution is 2.22. The molecular weight excluding hydrogens is 382 g/mol. The van der Waals surface area contributed by atoms with Gasteiger partial charge >= 0.3 is 12.1 Å². The van der Waals surface area contributed by atoms with E-state index in [-0.39, 0.29) is 12.6 Å². The lowest BCUT2D eigenvalue weighted by molar-refractivity contribution is -0.142. The molecule has 6 nitrogen and oxygen atoms in total. The van der Waals surface area contributed by atoms with Gasteiger partial charge in [-0.1, -0.05) is 43.0 Å². The van der Waals surface area contributed by atoms with Crippen molar-refractivity contribution in [3.63, 3.8) is 0 Å². The van der Waals surface area contributed by atoms with Crippen LogP contribution in [0.2, 0.25) is 0 Å². The van der Waals surface area contributed by atoms with Gasteiger partial charge in [0.25, 0.3) is 0 Å². The van der Waals surface area contributed by atoms with Crippen molar-refractivity contribution in [2.75, 3.05) is 0 Å². The largest absolute Gasteiger partial charge is 0.489 e. The van der Waals surface area contributed by atoms with Gasteiger partial charge in [-0.15, -0.1) is 0 Å². The van der Waals surface area contributed by atoms with Crippen molar-refractivity contribution in [3.8, 4) is 5.75 Å². The number of hydrogen-bond donors (Lipinski definition) is 1. The Bertz CT molecular complexity index is 884. The van der Waals surface area contributed by atoms with E-state index in [0.29, 0.717) is 24.5 Å². The van der Waals surface area contributed by atoms with Crippen molar-refractivity contribution in [1.82, 2.24) is 5.32 Å². The smallest absolute Gasteiger partial charge is 0.411 e. The molecule has 0 heterocycles. The molecule has 0 aliphatic heterocycles. The average Bonchev–Trinajstić information content (AvgIpc) is 2.65. The maximum absolute atomic E-state index is 11.9. The molecule has 2 aromatic carbocycles. The predicted octanol–water partition coefficient (Wildman–Crippen LogP) is 4.91. The molecule has 0 unspecified atom stereocenters. The van der Waals surface area contributed by atoms with E-state index in [4.69, 9.17) is 14.2 Å². The molecule has 2 rings (SSSR count). The molecule has 6 heteroatoms. The van der Waals surface area contributed by atoms with Crippen molar-refractivity contribution in [2.45, 2.75) is 52.9 Å². The Morgan fingerprint density at radius 1 is 1.00 bits per heavy atom. The van der Waals surface area contributed by atoms with E-state index in [2.05, 4.69) is 11.9 Å². The zero-order chi connectivity index (χ0) is 22.1. The summed E-state index contributed by atoms with van der Waals surface area (Å²) < 4.78 is 16.3. The van der Waals surface area contributed by atoms with E-state index < -0.39 is 11.7 Å². The first-order chi connectivity index (χ1) is 14.1. The van der Waals surface area contributed by atoms with Crippen LogP contribution < -0.4 is 10.1 Å². The quantitative estimate of drug-likeness (QED) is 0.625. The average molecular weight is 411 g/mol. The molecule has 30 heavy (non-hydrogen) atoms. The number of rotatable bonds is 8. The second kappa shape index (κ2) is 10.5. The Balaban J connectivity index is 2.08. The van der Waals surface area contributed by atoms with Crippen LogP contribution in [-0.2, 0) is 33.9 Å². The number of ether oxygens (including phenoxy) is 3. The fourth-order valence-corrected chi connectivity index (χ4v) is 2.64. The number of esters is 1. The molecule has 0 aliphatic carbocycles. The first-order valence-corrected chi connectivity index (χ1v) is 9.72. The summed E-state index contributed by atoms with van der Waals surface area (Å²) in [6.07, 6.45) is -0.189. The van der Waals surface area contributed by atoms with Gasteiger partial charge in [0.2, 0.25) is 0 Å². The molecule has 1 N–H and O–H groups in total. The lowest BCUT2D eigenvalue weighted by Gasteiger charge is -2.20. The van der Waals surface area contributed by atoms with Crippen LogP contribution in [0, 0.1) is 0 Å². The summed E-state index contributed by atoms with van der Waals surface area (Å²) in [5.74, 6) is 0.290. The molecule has 0 spiro atoms. The topological polar surface area (TPSA) is 73.9 Å². The van der Waals surface area contributed by atoms with Gasteiger partial charge in [-0.05, 0) is 49.6 Å². The molecule has 0 fully saturated rings. The highest BCUT2D eigenvalue weighted by Gasteiger charge is 2.17. The first kappa shape index (κ1) is 23.0. The van der Waals surface area contributed by atoms with Crippen LogP contribution in [-0.4, -0.2) is 17.7 Å². The van der Waals surface area contributed by atoms with Gasteiger partial charge in [-0.3, -0.25) is 10.1 Å². The zero-order valence-electron chi connectivity index (χ0n) is 18.0. The molecule has 0 atom stereocenters. The fourth-order valence-electron chi connectivity index (χ4n) is 2.64. The third-order valence-corrected chi connectivity index (χ3v) is 3.94. The van der Waals surface area contributed by atoms with Crippen molar-refractivity contribution < 1.29 is 23.8 Å². The number of carbonyl (C=O) groups is 2. The maximum atomic E-state index is 11.9. The van der Waals surface area contributed by atoms with Crippen molar-refractivity contribution in [3.05, 3.63) is 77.5 Å². The molecule has 0 radical (unpaired) electrons. The van der Waals surface area contributed by atoms with Crippen molar-refractivity contribution in [1.29, 1.82) is 0 Å². The minimum Gasteiger partial charge on any atom is -0.489 e. The number of allylic oxidation sites excluding steroid dienone is 1. The van der Waals surface area contributed by atoms with Gasteiger partial charge in [0.15, 0.2) is 0 Å². The summed E-state index contributed by atoms with van der Waals surface area (Å²) in [6.45, 7) is 11.2. The van der Waals surface area contributed by atoms with Crippen molar-refractivity contribution >= 4 is 12.1 Å². The second-order valence-corrected chi connectivity index (χ2v) is 7.89. The summed E-state index contributed by atoms with van der Waals surface area (Å²) in [4.78, 5) is 23.2. The molecule has 0 bridgehead atoms. The maximum Gasteiger partial charge on any atom is 0.411 e. The van der Waals surface area contributed by atoms with E-state index in [1.807, 2.05) is 48.5 Å². The number of hydrogen-bond acceptors (Lipinski definition) is 5. The normalized spacial score (nSPS) is 10.8. The molecule has 160 valence electrons. The van der Waals surface area contributed by atoms with E-state index in [1.54, 1.807) is 20.8 Å². The Labute approximate surface area is 177 Å². The highest BCUT2D eigenvalue weighted by atomic mass is 16.6. The zero-order valence-corrected chi connectivity index (χ0v) is 18.0. The fraction of sp³-hybridized carbons (Fsp3) is 0.333. The van der Waals surface area contributed by atoms with Gasteiger partial charge in [0.05, 0.1) is 0 Å². The molecule has 0 saturated carbocycles. The number of benzene rings is 2. The Morgan fingerprint density at radius 3 is 2.33 bits per heavy atom. The summed E-state index contributed by atoms with van der Waals surface area (Å²) in [5, 5.41) is 2.64. The number of nitrogens with one attached hydrogen (secondary N) is 1. The monoisotopic (exact) mass is 411 g/mol. The SMILES string of the molecule is C=C(Cc1ccc(OCc2ccccc2)cc1COC(C)=O)NC(=O)OC(C)(C)C. The van der Waals surface area contributed by atoms with Crippen LogP contribution >= 0.6 is 0 Å². The van der Waals surface area contributed by atoms with Crippen LogP contribution in [0.15, 0.2) is 60.8 Å². The van der Waals surface area contributed by atoms with Crippen LogP contribution in [0.3, 0.4) is 0 Å². The standard InChI is InChI=1S/C24H29NO5/c1-17(25-23(27)30-24(3,4)5)13-20-11-12-22(14-21(20)16-28-18(2)26)29-15-19-9-7-6-8-10-19/h6-12,14H,1,13,15-16H2,2-5H3,(H,25,27). The van der Waals surface area contributed by atoms with E-state index in [0.717, 1.165) is 16.7 Å². The second-order valence-electron chi connectivity index (χ2n) is 7.89. The van der Waals surface area contributed by atoms with E-state index >= 15 is 0 Å². The Kier molecular flexibility index (Phi) is 8.04. The Hall–Kier alpha value is -3.28. The predicted molar refractivity (Wildman–Crippen MR) is 115 cm³/mol. The minimum atomic E-state index is -0.595.